The van der Waals surface area contributed by atoms with Crippen LogP contribution in [0.5, 0.6) is 0 Å². The predicted octanol–water partition coefficient (Wildman–Crippen LogP) is 3.01. The van der Waals surface area contributed by atoms with Crippen molar-refractivity contribution in [3.05, 3.63) is 53.6 Å². The fourth-order valence-corrected chi connectivity index (χ4v) is 2.05. The Morgan fingerprint density at radius 1 is 1.15 bits per heavy atom. The highest BCUT2D eigenvalue weighted by atomic mass is 16.5. The van der Waals surface area contributed by atoms with Crippen molar-refractivity contribution in [2.24, 2.45) is 0 Å². The lowest BCUT2D eigenvalue weighted by Gasteiger charge is -2.02. The number of aryl methyl sites for hydroxylation is 3. The first kappa shape index (κ1) is 12.5. The normalized spacial score (nSPS) is 10.8. The molecular weight excluding hydrogens is 254 g/mol. The Balaban J connectivity index is 1.72. The molecule has 0 spiro atoms. The predicted molar refractivity (Wildman–Crippen MR) is 75.0 cm³/mol. The molecule has 5 nitrogen and oxygen atoms in total. The van der Waals surface area contributed by atoms with Crippen molar-refractivity contribution < 1.29 is 8.94 Å². The van der Waals surface area contributed by atoms with E-state index in [1.165, 1.54) is 0 Å². The number of nitrogen functional groups attached to an aromatic ring is 1. The van der Waals surface area contributed by atoms with Crippen molar-refractivity contribution in [3.63, 3.8) is 0 Å². The first-order chi connectivity index (χ1) is 9.74. The maximum absolute atomic E-state index is 5.91. The summed E-state index contributed by atoms with van der Waals surface area (Å²) in [7, 11) is 0. The third-order valence-corrected chi connectivity index (χ3v) is 3.20. The lowest BCUT2D eigenvalue weighted by Crippen LogP contribution is -1.97. The molecule has 0 fully saturated rings. The average molecular weight is 269 g/mol. The third kappa shape index (κ3) is 2.42. The molecule has 0 aliphatic heterocycles. The minimum atomic E-state index is 0.489. The molecule has 0 unspecified atom stereocenters. The molecule has 0 saturated carbocycles. The van der Waals surface area contributed by atoms with Crippen LogP contribution in [0.15, 0.2) is 45.5 Å². The molecule has 0 amide bonds. The average Bonchev–Trinajstić information content (AvgIpc) is 3.06. The summed E-state index contributed by atoms with van der Waals surface area (Å²) >= 11 is 0. The summed E-state index contributed by atoms with van der Waals surface area (Å²) in [5.74, 6) is 1.72. The molecule has 2 N–H and O–H groups in total. The first-order valence-corrected chi connectivity index (χ1v) is 6.44. The van der Waals surface area contributed by atoms with Gasteiger partial charge in [-0.2, -0.15) is 4.98 Å². The lowest BCUT2D eigenvalue weighted by molar-refractivity contribution is 0.377. The highest BCUT2D eigenvalue weighted by Gasteiger charge is 2.13. The first-order valence-electron chi connectivity index (χ1n) is 6.44. The number of rotatable bonds is 4. The van der Waals surface area contributed by atoms with Crippen LogP contribution in [0.1, 0.15) is 17.0 Å². The number of hydrogen-bond acceptors (Lipinski definition) is 5. The molecule has 0 atom stereocenters. The van der Waals surface area contributed by atoms with Crippen LogP contribution in [0.2, 0.25) is 0 Å². The Hall–Kier alpha value is -2.56. The molecule has 1 aromatic carbocycles. The molecule has 2 heterocycles. The van der Waals surface area contributed by atoms with Gasteiger partial charge in [0, 0.05) is 12.1 Å². The van der Waals surface area contributed by atoms with Crippen molar-refractivity contribution in [3.8, 4) is 11.6 Å². The zero-order chi connectivity index (χ0) is 13.9. The van der Waals surface area contributed by atoms with Crippen molar-refractivity contribution in [1.82, 2.24) is 10.1 Å². The van der Waals surface area contributed by atoms with E-state index in [-0.39, 0.29) is 0 Å². The standard InChI is InChI=1S/C15H15N3O2/c1-10-8-9-19-14(10)15-17-13(20-18-15)7-6-11-4-2-3-5-12(11)16/h2-5,8-9H,6-7,16H2,1H3. The SMILES string of the molecule is Cc1ccoc1-c1noc(CCc2ccccc2N)n1. The monoisotopic (exact) mass is 269 g/mol. The Morgan fingerprint density at radius 2 is 2.00 bits per heavy atom. The van der Waals surface area contributed by atoms with E-state index in [4.69, 9.17) is 14.7 Å². The van der Waals surface area contributed by atoms with Gasteiger partial charge in [0.05, 0.1) is 6.26 Å². The summed E-state index contributed by atoms with van der Waals surface area (Å²) in [5, 5.41) is 3.94. The van der Waals surface area contributed by atoms with E-state index in [0.29, 0.717) is 23.9 Å². The van der Waals surface area contributed by atoms with E-state index in [2.05, 4.69) is 10.1 Å². The van der Waals surface area contributed by atoms with Gasteiger partial charge in [0.25, 0.3) is 0 Å². The molecule has 0 aliphatic carbocycles. The second kappa shape index (κ2) is 5.21. The lowest BCUT2D eigenvalue weighted by atomic mass is 10.1. The highest BCUT2D eigenvalue weighted by Crippen LogP contribution is 2.21. The van der Waals surface area contributed by atoms with Crippen LogP contribution in [0.3, 0.4) is 0 Å². The number of furan rings is 1. The molecule has 3 rings (SSSR count). The van der Waals surface area contributed by atoms with Crippen LogP contribution >= 0.6 is 0 Å². The summed E-state index contributed by atoms with van der Waals surface area (Å²) < 4.78 is 10.6. The van der Waals surface area contributed by atoms with Crippen LogP contribution in [0, 0.1) is 6.92 Å². The number of hydrogen-bond donors (Lipinski definition) is 1. The molecular formula is C15H15N3O2. The minimum absolute atomic E-state index is 0.489. The highest BCUT2D eigenvalue weighted by molar-refractivity contribution is 5.51. The fraction of sp³-hybridized carbons (Fsp3) is 0.200. The van der Waals surface area contributed by atoms with Gasteiger partial charge in [-0.3, -0.25) is 0 Å². The second-order valence-corrected chi connectivity index (χ2v) is 4.64. The van der Waals surface area contributed by atoms with E-state index in [0.717, 1.165) is 23.2 Å². The maximum atomic E-state index is 5.91. The largest absolute Gasteiger partial charge is 0.461 e. The van der Waals surface area contributed by atoms with Crippen molar-refractivity contribution >= 4 is 5.69 Å². The summed E-state index contributed by atoms with van der Waals surface area (Å²) in [6, 6.07) is 9.65. The Labute approximate surface area is 116 Å². The molecule has 0 radical (unpaired) electrons. The van der Waals surface area contributed by atoms with Gasteiger partial charge < -0.3 is 14.7 Å². The van der Waals surface area contributed by atoms with Crippen LogP contribution in [-0.4, -0.2) is 10.1 Å². The number of anilines is 1. The van der Waals surface area contributed by atoms with Gasteiger partial charge in [-0.1, -0.05) is 23.4 Å². The van der Waals surface area contributed by atoms with Crippen molar-refractivity contribution in [2.75, 3.05) is 5.73 Å². The van der Waals surface area contributed by atoms with E-state index in [1.54, 1.807) is 6.26 Å². The number of nitrogens with two attached hydrogens (primary N) is 1. The van der Waals surface area contributed by atoms with E-state index in [9.17, 15) is 0 Å². The summed E-state index contributed by atoms with van der Waals surface area (Å²) in [6.45, 7) is 1.94. The van der Waals surface area contributed by atoms with Gasteiger partial charge in [-0.25, -0.2) is 0 Å². The van der Waals surface area contributed by atoms with Gasteiger partial charge in [0.1, 0.15) is 0 Å². The molecule has 102 valence electrons. The van der Waals surface area contributed by atoms with Crippen molar-refractivity contribution in [2.45, 2.75) is 19.8 Å². The summed E-state index contributed by atoms with van der Waals surface area (Å²) in [4.78, 5) is 4.35. The Morgan fingerprint density at radius 3 is 2.75 bits per heavy atom. The van der Waals surface area contributed by atoms with Crippen LogP contribution in [-0.2, 0) is 12.8 Å². The number of aromatic nitrogens is 2. The molecule has 3 aromatic rings. The van der Waals surface area contributed by atoms with Gasteiger partial charge in [-0.15, -0.1) is 0 Å². The third-order valence-electron chi connectivity index (χ3n) is 3.20. The Kier molecular flexibility index (Phi) is 3.25. The van der Waals surface area contributed by atoms with Crippen LogP contribution < -0.4 is 5.73 Å². The number of para-hydroxylation sites is 1. The summed E-state index contributed by atoms with van der Waals surface area (Å²) in [5.41, 5.74) is 8.77. The molecule has 0 saturated heterocycles. The van der Waals surface area contributed by atoms with Crippen LogP contribution in [0.4, 0.5) is 5.69 Å². The van der Waals surface area contributed by atoms with E-state index >= 15 is 0 Å². The smallest absolute Gasteiger partial charge is 0.238 e. The molecule has 0 aliphatic rings. The Bertz CT molecular complexity index is 715. The van der Waals surface area contributed by atoms with E-state index in [1.807, 2.05) is 37.3 Å². The fourth-order valence-electron chi connectivity index (χ4n) is 2.05. The van der Waals surface area contributed by atoms with Gasteiger partial charge in [-0.05, 0) is 36.6 Å². The zero-order valence-electron chi connectivity index (χ0n) is 11.2. The maximum Gasteiger partial charge on any atom is 0.238 e. The molecule has 2 aromatic heterocycles. The molecule has 20 heavy (non-hydrogen) atoms. The van der Waals surface area contributed by atoms with Crippen molar-refractivity contribution in [1.29, 1.82) is 0 Å². The van der Waals surface area contributed by atoms with Gasteiger partial charge in [0.15, 0.2) is 5.76 Å². The number of nitrogens with zero attached hydrogens (tertiary/aromatic N) is 2. The topological polar surface area (TPSA) is 78.1 Å². The van der Waals surface area contributed by atoms with Gasteiger partial charge >= 0.3 is 0 Å². The summed E-state index contributed by atoms with van der Waals surface area (Å²) in [6.07, 6.45) is 3.04. The van der Waals surface area contributed by atoms with Crippen LogP contribution in [0.25, 0.3) is 11.6 Å². The quantitative estimate of drug-likeness (QED) is 0.736. The zero-order valence-corrected chi connectivity index (χ0v) is 11.2. The molecule has 0 bridgehead atoms. The molecule has 5 heteroatoms. The van der Waals surface area contributed by atoms with E-state index < -0.39 is 0 Å². The number of benzene rings is 1. The van der Waals surface area contributed by atoms with Gasteiger partial charge in [0.2, 0.25) is 11.7 Å². The second-order valence-electron chi connectivity index (χ2n) is 4.64. The minimum Gasteiger partial charge on any atom is -0.461 e.